The first kappa shape index (κ1) is 13.0. The molecule has 1 N–H and O–H groups in total. The maximum atomic E-state index is 11.6. The van der Waals surface area contributed by atoms with Gasteiger partial charge >= 0.3 is 0 Å². The molecule has 0 saturated heterocycles. The van der Waals surface area contributed by atoms with Crippen molar-refractivity contribution < 1.29 is 0 Å². The van der Waals surface area contributed by atoms with Crippen LogP contribution < -0.4 is 10.9 Å². The van der Waals surface area contributed by atoms with Gasteiger partial charge < -0.3 is 9.88 Å². The molecule has 3 nitrogen and oxygen atoms in total. The highest BCUT2D eigenvalue weighted by atomic mass is 16.1. The molecule has 1 aromatic heterocycles. The number of nitrogens with one attached hydrogen (secondary N) is 1. The minimum Gasteiger partial charge on any atom is -0.312 e. The molecule has 0 aromatic carbocycles. The Morgan fingerprint density at radius 1 is 1.38 bits per heavy atom. The van der Waals surface area contributed by atoms with Gasteiger partial charge in [-0.25, -0.2) is 0 Å². The fourth-order valence-electron chi connectivity index (χ4n) is 1.54. The maximum absolute atomic E-state index is 11.6. The molecule has 3 heteroatoms. The summed E-state index contributed by atoms with van der Waals surface area (Å²) in [6, 6.07) is 5.38. The lowest BCUT2D eigenvalue weighted by Crippen LogP contribution is -2.41. The summed E-state index contributed by atoms with van der Waals surface area (Å²) < 4.78 is 1.80. The number of pyridine rings is 1. The molecule has 0 fully saturated rings. The van der Waals surface area contributed by atoms with E-state index in [9.17, 15) is 4.79 Å². The van der Waals surface area contributed by atoms with E-state index in [1.165, 1.54) is 0 Å². The quantitative estimate of drug-likeness (QED) is 0.826. The minimum atomic E-state index is 0.0797. The highest BCUT2D eigenvalue weighted by Gasteiger charge is 2.12. The van der Waals surface area contributed by atoms with Gasteiger partial charge in [0.15, 0.2) is 0 Å². The Kier molecular flexibility index (Phi) is 4.30. The molecule has 0 unspecified atom stereocenters. The van der Waals surface area contributed by atoms with Crippen LogP contribution in [-0.2, 0) is 6.54 Å². The van der Waals surface area contributed by atoms with E-state index >= 15 is 0 Å². The number of hydrogen-bond donors (Lipinski definition) is 1. The van der Waals surface area contributed by atoms with Crippen LogP contribution in [0, 0.1) is 6.92 Å². The van der Waals surface area contributed by atoms with Crippen LogP contribution in [0.1, 0.15) is 32.9 Å². The topological polar surface area (TPSA) is 34.0 Å². The zero-order chi connectivity index (χ0) is 12.2. The van der Waals surface area contributed by atoms with Gasteiger partial charge in [0.1, 0.15) is 0 Å². The lowest BCUT2D eigenvalue weighted by atomic mass is 10.0. The van der Waals surface area contributed by atoms with Crippen LogP contribution in [0.5, 0.6) is 0 Å². The third-order valence-corrected chi connectivity index (χ3v) is 3.09. The van der Waals surface area contributed by atoms with Crippen LogP contribution in [0.4, 0.5) is 0 Å². The van der Waals surface area contributed by atoms with Crippen LogP contribution in [0.25, 0.3) is 0 Å². The minimum absolute atomic E-state index is 0.0797. The first-order valence-electron chi connectivity index (χ1n) is 5.88. The molecule has 90 valence electrons. The molecule has 0 aliphatic heterocycles. The van der Waals surface area contributed by atoms with E-state index in [0.717, 1.165) is 25.2 Å². The zero-order valence-corrected chi connectivity index (χ0v) is 10.7. The molecule has 1 heterocycles. The van der Waals surface area contributed by atoms with E-state index in [0.29, 0.717) is 0 Å². The molecule has 1 aromatic rings. The summed E-state index contributed by atoms with van der Waals surface area (Å²) in [7, 11) is 0. The third kappa shape index (κ3) is 3.49. The van der Waals surface area contributed by atoms with Crippen molar-refractivity contribution in [2.24, 2.45) is 0 Å². The first-order chi connectivity index (χ1) is 7.46. The van der Waals surface area contributed by atoms with Crippen molar-refractivity contribution in [2.75, 3.05) is 6.54 Å². The van der Waals surface area contributed by atoms with Crippen LogP contribution in [0.3, 0.4) is 0 Å². The molecule has 0 bridgehead atoms. The van der Waals surface area contributed by atoms with E-state index in [1.807, 2.05) is 13.0 Å². The number of aryl methyl sites for hydroxylation is 1. The Bertz CT molecular complexity index is 393. The molecular weight excluding hydrogens is 200 g/mol. The number of nitrogens with zero attached hydrogens (tertiary/aromatic N) is 1. The first-order valence-corrected chi connectivity index (χ1v) is 5.88. The molecule has 0 aliphatic rings. The van der Waals surface area contributed by atoms with Gasteiger partial charge in [-0.2, -0.15) is 0 Å². The van der Waals surface area contributed by atoms with Crippen LogP contribution in [-0.4, -0.2) is 16.7 Å². The monoisotopic (exact) mass is 222 g/mol. The number of hydrogen-bond acceptors (Lipinski definition) is 2. The van der Waals surface area contributed by atoms with Gasteiger partial charge in [0, 0.05) is 30.4 Å². The van der Waals surface area contributed by atoms with Gasteiger partial charge in [-0.3, -0.25) is 4.79 Å². The molecule has 0 saturated carbocycles. The average Bonchev–Trinajstić information content (AvgIpc) is 2.22. The second-order valence-electron chi connectivity index (χ2n) is 4.82. The summed E-state index contributed by atoms with van der Waals surface area (Å²) in [4.78, 5) is 11.6. The highest BCUT2D eigenvalue weighted by molar-refractivity contribution is 5.04. The fraction of sp³-hybridized carbons (Fsp3) is 0.615. The Balaban J connectivity index is 2.59. The zero-order valence-electron chi connectivity index (χ0n) is 10.7. The predicted molar refractivity (Wildman–Crippen MR) is 67.8 cm³/mol. The van der Waals surface area contributed by atoms with E-state index in [2.05, 4.69) is 26.1 Å². The Hall–Kier alpha value is -1.09. The maximum Gasteiger partial charge on any atom is 0.250 e. The smallest absolute Gasteiger partial charge is 0.250 e. The number of rotatable bonds is 5. The summed E-state index contributed by atoms with van der Waals surface area (Å²) in [5, 5.41) is 3.45. The van der Waals surface area contributed by atoms with Gasteiger partial charge in [0.2, 0.25) is 0 Å². The van der Waals surface area contributed by atoms with E-state index < -0.39 is 0 Å². The molecular formula is C13H22N2O. The van der Waals surface area contributed by atoms with Crippen molar-refractivity contribution in [1.82, 2.24) is 9.88 Å². The lowest BCUT2D eigenvalue weighted by Gasteiger charge is -2.25. The molecule has 0 spiro atoms. The Morgan fingerprint density at radius 3 is 2.62 bits per heavy atom. The number of aromatic nitrogens is 1. The van der Waals surface area contributed by atoms with Gasteiger partial charge in [-0.1, -0.05) is 13.0 Å². The molecule has 1 rings (SSSR count). The van der Waals surface area contributed by atoms with Crippen LogP contribution >= 0.6 is 0 Å². The van der Waals surface area contributed by atoms with Crippen LogP contribution in [0.15, 0.2) is 23.0 Å². The SMILES string of the molecule is CCC(C)(C)NCCn1c(C)cccc1=O. The second kappa shape index (κ2) is 5.30. The highest BCUT2D eigenvalue weighted by Crippen LogP contribution is 2.06. The molecule has 16 heavy (non-hydrogen) atoms. The normalized spacial score (nSPS) is 11.8. The van der Waals surface area contributed by atoms with Crippen molar-refractivity contribution >= 4 is 0 Å². The fourth-order valence-corrected chi connectivity index (χ4v) is 1.54. The Morgan fingerprint density at radius 2 is 2.06 bits per heavy atom. The summed E-state index contributed by atoms with van der Waals surface area (Å²) in [6.07, 6.45) is 1.08. The van der Waals surface area contributed by atoms with E-state index in [4.69, 9.17) is 0 Å². The van der Waals surface area contributed by atoms with Crippen molar-refractivity contribution in [2.45, 2.75) is 46.2 Å². The molecule has 0 radical (unpaired) electrons. The van der Waals surface area contributed by atoms with E-state index in [-0.39, 0.29) is 11.1 Å². The van der Waals surface area contributed by atoms with Crippen molar-refractivity contribution in [3.63, 3.8) is 0 Å². The van der Waals surface area contributed by atoms with Gasteiger partial charge in [-0.15, -0.1) is 0 Å². The van der Waals surface area contributed by atoms with Gasteiger partial charge in [-0.05, 0) is 33.3 Å². The average molecular weight is 222 g/mol. The summed E-state index contributed by atoms with van der Waals surface area (Å²) in [5.41, 5.74) is 1.24. The predicted octanol–water partition coefficient (Wildman–Crippen LogP) is 1.93. The Labute approximate surface area is 97.5 Å². The molecule has 0 amide bonds. The molecule has 0 atom stereocenters. The van der Waals surface area contributed by atoms with Crippen molar-refractivity contribution in [3.05, 3.63) is 34.2 Å². The standard InChI is InChI=1S/C13H22N2O/c1-5-13(3,4)14-9-10-15-11(2)7-6-8-12(15)16/h6-8,14H,5,9-10H2,1-4H3. The van der Waals surface area contributed by atoms with Crippen molar-refractivity contribution in [3.8, 4) is 0 Å². The summed E-state index contributed by atoms with van der Waals surface area (Å²) in [5.74, 6) is 0. The van der Waals surface area contributed by atoms with Crippen LogP contribution in [0.2, 0.25) is 0 Å². The second-order valence-corrected chi connectivity index (χ2v) is 4.82. The molecule has 0 aliphatic carbocycles. The summed E-state index contributed by atoms with van der Waals surface area (Å²) >= 11 is 0. The van der Waals surface area contributed by atoms with E-state index in [1.54, 1.807) is 16.7 Å². The van der Waals surface area contributed by atoms with Gasteiger partial charge in [0.05, 0.1) is 0 Å². The largest absolute Gasteiger partial charge is 0.312 e. The third-order valence-electron chi connectivity index (χ3n) is 3.09. The van der Waals surface area contributed by atoms with Crippen molar-refractivity contribution in [1.29, 1.82) is 0 Å². The summed E-state index contributed by atoms with van der Waals surface area (Å²) in [6.45, 7) is 10.0. The lowest BCUT2D eigenvalue weighted by molar-refractivity contribution is 0.365. The van der Waals surface area contributed by atoms with Gasteiger partial charge in [0.25, 0.3) is 5.56 Å².